The molecule has 1 rings (SSSR count). The number of Topliss-reactive ketones (excluding diaryl/α,β-unsaturated/α-hetero) is 1. The Morgan fingerprint density at radius 3 is 2.56 bits per heavy atom. The third kappa shape index (κ3) is 2.78. The van der Waals surface area contributed by atoms with Crippen LogP contribution in [-0.2, 0) is 9.59 Å². The summed E-state index contributed by atoms with van der Waals surface area (Å²) >= 11 is 0. The summed E-state index contributed by atoms with van der Waals surface area (Å²) in [7, 11) is 0. The first-order chi connectivity index (χ1) is 8.23. The Morgan fingerprint density at radius 2 is 2.06 bits per heavy atom. The zero-order valence-corrected chi connectivity index (χ0v) is 11.6. The van der Waals surface area contributed by atoms with Gasteiger partial charge in [0.05, 0.1) is 5.60 Å². The van der Waals surface area contributed by atoms with Crippen molar-refractivity contribution in [3.63, 3.8) is 0 Å². The van der Waals surface area contributed by atoms with Crippen molar-refractivity contribution in [2.45, 2.75) is 46.1 Å². The summed E-state index contributed by atoms with van der Waals surface area (Å²) in [5.74, 6) is 0.0831. The molecule has 1 fully saturated rings. The molecule has 100 valence electrons. The second-order valence-corrected chi connectivity index (χ2v) is 5.91. The van der Waals surface area contributed by atoms with E-state index >= 15 is 0 Å². The summed E-state index contributed by atoms with van der Waals surface area (Å²) in [6.45, 7) is 7.51. The molecule has 1 N–H and O–H groups in total. The number of allylic oxidation sites excluding steroid dienone is 3. The van der Waals surface area contributed by atoms with Gasteiger partial charge < -0.3 is 5.11 Å². The molecular weight excluding hydrogens is 228 g/mol. The molecule has 0 radical (unpaired) electrons. The average molecular weight is 250 g/mol. The van der Waals surface area contributed by atoms with Gasteiger partial charge in [-0.3, -0.25) is 9.59 Å². The van der Waals surface area contributed by atoms with E-state index in [1.54, 1.807) is 19.1 Å². The molecule has 3 heteroatoms. The lowest BCUT2D eigenvalue weighted by molar-refractivity contribution is -0.142. The lowest BCUT2D eigenvalue weighted by Gasteiger charge is -2.48. The number of aldehydes is 1. The second-order valence-electron chi connectivity index (χ2n) is 5.91. The molecule has 0 bridgehead atoms. The lowest BCUT2D eigenvalue weighted by Crippen LogP contribution is -2.53. The third-order valence-corrected chi connectivity index (χ3v) is 3.94. The molecule has 2 atom stereocenters. The summed E-state index contributed by atoms with van der Waals surface area (Å²) in [6, 6.07) is 0. The number of carbonyl (C=O) groups is 2. The topological polar surface area (TPSA) is 54.4 Å². The van der Waals surface area contributed by atoms with E-state index in [2.05, 4.69) is 0 Å². The van der Waals surface area contributed by atoms with Crippen LogP contribution in [0.4, 0.5) is 0 Å². The highest BCUT2D eigenvalue weighted by Gasteiger charge is 2.50. The minimum Gasteiger partial charge on any atom is -0.385 e. The molecule has 0 aromatic carbocycles. The fraction of sp³-hybridized carbons (Fsp3) is 0.600. The van der Waals surface area contributed by atoms with Gasteiger partial charge in [0, 0.05) is 18.3 Å². The van der Waals surface area contributed by atoms with Crippen molar-refractivity contribution in [3.8, 4) is 0 Å². The number of carbonyl (C=O) groups excluding carboxylic acids is 2. The highest BCUT2D eigenvalue weighted by Crippen LogP contribution is 2.46. The SMILES string of the molecule is CC(C=C[C@@]1(O)[C@H](C)CC(=O)CC1(C)C)=CC=O. The molecule has 0 heterocycles. The van der Waals surface area contributed by atoms with Crippen LogP contribution in [0.2, 0.25) is 0 Å². The highest BCUT2D eigenvalue weighted by atomic mass is 16.3. The van der Waals surface area contributed by atoms with Crippen LogP contribution >= 0.6 is 0 Å². The Morgan fingerprint density at radius 1 is 1.44 bits per heavy atom. The van der Waals surface area contributed by atoms with Crippen LogP contribution in [0.25, 0.3) is 0 Å². The smallest absolute Gasteiger partial charge is 0.143 e. The molecule has 0 unspecified atom stereocenters. The first kappa shape index (κ1) is 14.8. The summed E-state index contributed by atoms with van der Waals surface area (Å²) < 4.78 is 0. The second kappa shape index (κ2) is 5.19. The van der Waals surface area contributed by atoms with Gasteiger partial charge >= 0.3 is 0 Å². The minimum absolute atomic E-state index is 0.117. The molecule has 0 aromatic rings. The first-order valence-corrected chi connectivity index (χ1v) is 6.28. The van der Waals surface area contributed by atoms with Gasteiger partial charge in [0.15, 0.2) is 0 Å². The molecule has 0 amide bonds. The van der Waals surface area contributed by atoms with Gasteiger partial charge in [-0.25, -0.2) is 0 Å². The summed E-state index contributed by atoms with van der Waals surface area (Å²) in [5.41, 5.74) is -0.711. The predicted molar refractivity (Wildman–Crippen MR) is 71.1 cm³/mol. The first-order valence-electron chi connectivity index (χ1n) is 6.28. The van der Waals surface area contributed by atoms with Crippen molar-refractivity contribution in [2.75, 3.05) is 0 Å². The van der Waals surface area contributed by atoms with E-state index < -0.39 is 11.0 Å². The monoisotopic (exact) mass is 250 g/mol. The molecule has 0 spiro atoms. The van der Waals surface area contributed by atoms with E-state index in [9.17, 15) is 14.7 Å². The predicted octanol–water partition coefficient (Wildman–Crippen LogP) is 2.44. The molecule has 0 saturated heterocycles. The molecule has 0 aliphatic heterocycles. The van der Waals surface area contributed by atoms with Crippen molar-refractivity contribution in [1.82, 2.24) is 0 Å². The van der Waals surface area contributed by atoms with Gasteiger partial charge in [0.2, 0.25) is 0 Å². The lowest BCUT2D eigenvalue weighted by atomic mass is 9.60. The summed E-state index contributed by atoms with van der Waals surface area (Å²) in [6.07, 6.45) is 6.45. The number of aliphatic hydroxyl groups is 1. The van der Waals surface area contributed by atoms with Crippen molar-refractivity contribution in [3.05, 3.63) is 23.8 Å². The van der Waals surface area contributed by atoms with Crippen molar-refractivity contribution >= 4 is 12.1 Å². The minimum atomic E-state index is -1.01. The molecule has 1 aliphatic carbocycles. The quantitative estimate of drug-likeness (QED) is 0.475. The Labute approximate surface area is 109 Å². The van der Waals surface area contributed by atoms with Crippen LogP contribution in [-0.4, -0.2) is 22.8 Å². The number of hydrogen-bond donors (Lipinski definition) is 1. The largest absolute Gasteiger partial charge is 0.385 e. The molecule has 0 aromatic heterocycles. The van der Waals surface area contributed by atoms with E-state index in [4.69, 9.17) is 0 Å². The van der Waals surface area contributed by atoms with Crippen LogP contribution in [0.5, 0.6) is 0 Å². The fourth-order valence-electron chi connectivity index (χ4n) is 2.68. The van der Waals surface area contributed by atoms with Gasteiger partial charge in [0.1, 0.15) is 12.1 Å². The van der Waals surface area contributed by atoms with Crippen LogP contribution in [0.1, 0.15) is 40.5 Å². The molecule has 18 heavy (non-hydrogen) atoms. The molecule has 3 nitrogen and oxygen atoms in total. The normalized spacial score (nSPS) is 32.8. The zero-order valence-electron chi connectivity index (χ0n) is 11.6. The van der Waals surface area contributed by atoms with Gasteiger partial charge in [-0.05, 0) is 24.5 Å². The van der Waals surface area contributed by atoms with Gasteiger partial charge in [0.25, 0.3) is 0 Å². The van der Waals surface area contributed by atoms with Gasteiger partial charge in [-0.2, -0.15) is 0 Å². The van der Waals surface area contributed by atoms with Crippen LogP contribution in [0.3, 0.4) is 0 Å². The third-order valence-electron chi connectivity index (χ3n) is 3.94. The molecule has 1 aliphatic rings. The number of ketones is 1. The van der Waals surface area contributed by atoms with Crippen LogP contribution in [0.15, 0.2) is 23.8 Å². The summed E-state index contributed by atoms with van der Waals surface area (Å²) in [4.78, 5) is 22.0. The van der Waals surface area contributed by atoms with E-state index in [1.165, 1.54) is 6.08 Å². The Balaban J connectivity index is 3.05. The number of rotatable bonds is 3. The molecular formula is C15H22O3. The maximum atomic E-state index is 11.6. The van der Waals surface area contributed by atoms with E-state index in [-0.39, 0.29) is 11.7 Å². The van der Waals surface area contributed by atoms with E-state index in [0.717, 1.165) is 11.9 Å². The van der Waals surface area contributed by atoms with Crippen molar-refractivity contribution in [2.24, 2.45) is 11.3 Å². The molecule has 1 saturated carbocycles. The van der Waals surface area contributed by atoms with E-state index in [0.29, 0.717) is 12.8 Å². The van der Waals surface area contributed by atoms with E-state index in [1.807, 2.05) is 20.8 Å². The van der Waals surface area contributed by atoms with Crippen LogP contribution in [0, 0.1) is 11.3 Å². The fourth-order valence-corrected chi connectivity index (χ4v) is 2.68. The van der Waals surface area contributed by atoms with Crippen molar-refractivity contribution in [1.29, 1.82) is 0 Å². The standard InChI is InChI=1S/C15H22O3/c1-11(6-8-16)5-7-15(18)12(2)9-13(17)10-14(15,3)4/h5-8,12,18H,9-10H2,1-4H3/t12-,15-/m1/s1. The summed E-state index contributed by atoms with van der Waals surface area (Å²) in [5, 5.41) is 10.8. The Kier molecular flexibility index (Phi) is 4.28. The van der Waals surface area contributed by atoms with Gasteiger partial charge in [-0.15, -0.1) is 0 Å². The maximum absolute atomic E-state index is 11.6. The zero-order chi connectivity index (χ0) is 14.0. The average Bonchev–Trinajstić information content (AvgIpc) is 2.23. The van der Waals surface area contributed by atoms with Gasteiger partial charge in [-0.1, -0.05) is 32.9 Å². The number of hydrogen-bond acceptors (Lipinski definition) is 3. The van der Waals surface area contributed by atoms with Crippen molar-refractivity contribution < 1.29 is 14.7 Å². The Hall–Kier alpha value is -1.22. The maximum Gasteiger partial charge on any atom is 0.143 e. The highest BCUT2D eigenvalue weighted by molar-refractivity contribution is 5.81. The van der Waals surface area contributed by atoms with Crippen LogP contribution < -0.4 is 0 Å². The Bertz CT molecular complexity index is 404.